The molecule has 0 radical (unpaired) electrons. The highest BCUT2D eigenvalue weighted by Crippen LogP contribution is 2.12. The number of H-pyrrole nitrogens is 1. The standard InChI is InChI=1S/C13H15N5O2/c14-13(20)17-11(9-4-2-1-3-5-9)12(19)15-8-10-6-7-16-18-10/h1-7,11H,8H2,(H,15,19)(H,16,18)(H3,14,17,20). The molecule has 0 saturated heterocycles. The van der Waals surface area contributed by atoms with Gasteiger partial charge < -0.3 is 16.4 Å². The summed E-state index contributed by atoms with van der Waals surface area (Å²) in [5.74, 6) is -0.343. The molecule has 1 unspecified atom stereocenters. The lowest BCUT2D eigenvalue weighted by atomic mass is 10.1. The van der Waals surface area contributed by atoms with Crippen molar-refractivity contribution in [2.75, 3.05) is 0 Å². The van der Waals surface area contributed by atoms with Gasteiger partial charge in [0.2, 0.25) is 5.91 Å². The first kappa shape index (κ1) is 13.6. The van der Waals surface area contributed by atoms with E-state index in [4.69, 9.17) is 5.73 Å². The highest BCUT2D eigenvalue weighted by molar-refractivity contribution is 5.87. The van der Waals surface area contributed by atoms with Crippen LogP contribution < -0.4 is 16.4 Å². The van der Waals surface area contributed by atoms with Gasteiger partial charge in [-0.1, -0.05) is 30.3 Å². The number of aromatic nitrogens is 2. The molecule has 0 bridgehead atoms. The van der Waals surface area contributed by atoms with Gasteiger partial charge in [-0.25, -0.2) is 4.79 Å². The lowest BCUT2D eigenvalue weighted by Gasteiger charge is -2.17. The van der Waals surface area contributed by atoms with E-state index in [-0.39, 0.29) is 5.91 Å². The maximum Gasteiger partial charge on any atom is 0.313 e. The van der Waals surface area contributed by atoms with Crippen LogP contribution in [-0.2, 0) is 11.3 Å². The molecule has 2 rings (SSSR count). The smallest absolute Gasteiger partial charge is 0.313 e. The van der Waals surface area contributed by atoms with E-state index in [0.29, 0.717) is 12.1 Å². The molecule has 7 heteroatoms. The van der Waals surface area contributed by atoms with Crippen LogP contribution in [0.1, 0.15) is 17.3 Å². The number of carbonyl (C=O) groups is 2. The van der Waals surface area contributed by atoms with Crippen molar-refractivity contribution < 1.29 is 9.59 Å². The summed E-state index contributed by atoms with van der Waals surface area (Å²) in [6.07, 6.45) is 1.60. The molecular formula is C13H15N5O2. The Bertz CT molecular complexity index is 568. The van der Waals surface area contributed by atoms with E-state index in [2.05, 4.69) is 20.8 Å². The minimum absolute atomic E-state index is 0.294. The highest BCUT2D eigenvalue weighted by atomic mass is 16.2. The fourth-order valence-corrected chi connectivity index (χ4v) is 1.76. The van der Waals surface area contributed by atoms with Crippen LogP contribution in [0.3, 0.4) is 0 Å². The number of hydrogen-bond donors (Lipinski definition) is 4. The zero-order valence-corrected chi connectivity index (χ0v) is 10.7. The molecule has 104 valence electrons. The molecule has 0 spiro atoms. The Morgan fingerprint density at radius 1 is 1.25 bits per heavy atom. The van der Waals surface area contributed by atoms with Gasteiger partial charge in [0.05, 0.1) is 12.2 Å². The van der Waals surface area contributed by atoms with Crippen LogP contribution in [0, 0.1) is 0 Å². The molecule has 0 saturated carbocycles. The topological polar surface area (TPSA) is 113 Å². The lowest BCUT2D eigenvalue weighted by molar-refractivity contribution is -0.123. The summed E-state index contributed by atoms with van der Waals surface area (Å²) in [6.45, 7) is 0.294. The van der Waals surface area contributed by atoms with Gasteiger partial charge in [0, 0.05) is 6.20 Å². The SMILES string of the molecule is NC(=O)NC(C(=O)NCc1ccn[nH]1)c1ccccc1. The fraction of sp³-hybridized carbons (Fsp3) is 0.154. The highest BCUT2D eigenvalue weighted by Gasteiger charge is 2.21. The second-order valence-electron chi connectivity index (χ2n) is 4.15. The summed E-state index contributed by atoms with van der Waals surface area (Å²) < 4.78 is 0. The Hall–Kier alpha value is -2.83. The normalized spacial score (nSPS) is 11.6. The summed E-state index contributed by atoms with van der Waals surface area (Å²) in [7, 11) is 0. The number of carbonyl (C=O) groups excluding carboxylic acids is 2. The van der Waals surface area contributed by atoms with Crippen molar-refractivity contribution in [1.29, 1.82) is 0 Å². The first-order valence-corrected chi connectivity index (χ1v) is 6.03. The maximum atomic E-state index is 12.2. The van der Waals surface area contributed by atoms with Crippen molar-refractivity contribution in [3.05, 3.63) is 53.9 Å². The van der Waals surface area contributed by atoms with Gasteiger partial charge in [0.15, 0.2) is 0 Å². The Labute approximate surface area is 115 Å². The summed E-state index contributed by atoms with van der Waals surface area (Å²) in [5.41, 5.74) is 6.54. The Kier molecular flexibility index (Phi) is 4.33. The molecular weight excluding hydrogens is 258 g/mol. The fourth-order valence-electron chi connectivity index (χ4n) is 1.76. The van der Waals surface area contributed by atoms with Crippen LogP contribution >= 0.6 is 0 Å². The number of benzene rings is 1. The number of nitrogens with one attached hydrogen (secondary N) is 3. The molecule has 5 N–H and O–H groups in total. The summed E-state index contributed by atoms with van der Waals surface area (Å²) in [4.78, 5) is 23.2. The van der Waals surface area contributed by atoms with Crippen molar-refractivity contribution in [1.82, 2.24) is 20.8 Å². The van der Waals surface area contributed by atoms with Crippen LogP contribution in [-0.4, -0.2) is 22.1 Å². The van der Waals surface area contributed by atoms with Crippen molar-refractivity contribution in [2.45, 2.75) is 12.6 Å². The molecule has 0 aliphatic rings. The van der Waals surface area contributed by atoms with Gasteiger partial charge in [-0.15, -0.1) is 0 Å². The first-order valence-electron chi connectivity index (χ1n) is 6.03. The molecule has 7 nitrogen and oxygen atoms in total. The van der Waals surface area contributed by atoms with E-state index in [1.807, 2.05) is 6.07 Å². The largest absolute Gasteiger partial charge is 0.352 e. The van der Waals surface area contributed by atoms with E-state index in [1.165, 1.54) is 0 Å². The Morgan fingerprint density at radius 3 is 2.60 bits per heavy atom. The van der Waals surface area contributed by atoms with Gasteiger partial charge in [-0.05, 0) is 11.6 Å². The number of nitrogens with zero attached hydrogens (tertiary/aromatic N) is 1. The minimum Gasteiger partial charge on any atom is -0.352 e. The molecule has 1 heterocycles. The first-order chi connectivity index (χ1) is 9.66. The average Bonchev–Trinajstić information content (AvgIpc) is 2.96. The van der Waals surface area contributed by atoms with Gasteiger partial charge in [0.25, 0.3) is 0 Å². The minimum atomic E-state index is -0.823. The van der Waals surface area contributed by atoms with Gasteiger partial charge in [-0.3, -0.25) is 9.89 Å². The average molecular weight is 273 g/mol. The number of primary amides is 1. The van der Waals surface area contributed by atoms with Crippen LogP contribution in [0.25, 0.3) is 0 Å². The number of nitrogens with two attached hydrogens (primary N) is 1. The van der Waals surface area contributed by atoms with Crippen LogP contribution in [0.5, 0.6) is 0 Å². The van der Waals surface area contributed by atoms with Crippen molar-refractivity contribution in [2.24, 2.45) is 5.73 Å². The third-order valence-electron chi connectivity index (χ3n) is 2.69. The molecule has 0 aliphatic carbocycles. The van der Waals surface area contributed by atoms with Crippen molar-refractivity contribution in [3.8, 4) is 0 Å². The number of rotatable bonds is 5. The van der Waals surface area contributed by atoms with Gasteiger partial charge in [0.1, 0.15) is 6.04 Å². The van der Waals surface area contributed by atoms with E-state index in [1.54, 1.807) is 36.5 Å². The summed E-state index contributed by atoms with van der Waals surface area (Å²) in [5, 5.41) is 11.7. The molecule has 0 aliphatic heterocycles. The van der Waals surface area contributed by atoms with E-state index >= 15 is 0 Å². The van der Waals surface area contributed by atoms with E-state index in [0.717, 1.165) is 5.69 Å². The second-order valence-corrected chi connectivity index (χ2v) is 4.15. The van der Waals surface area contributed by atoms with E-state index < -0.39 is 12.1 Å². The summed E-state index contributed by atoms with van der Waals surface area (Å²) in [6, 6.07) is 9.06. The molecule has 1 aromatic heterocycles. The van der Waals surface area contributed by atoms with Crippen molar-refractivity contribution in [3.63, 3.8) is 0 Å². The molecule has 1 atom stereocenters. The molecule has 2 aromatic rings. The predicted octanol–water partition coefficient (Wildman–Crippen LogP) is 0.436. The van der Waals surface area contributed by atoms with Crippen LogP contribution in [0.15, 0.2) is 42.6 Å². The zero-order valence-electron chi connectivity index (χ0n) is 10.7. The number of hydrogen-bond acceptors (Lipinski definition) is 3. The van der Waals surface area contributed by atoms with Crippen LogP contribution in [0.2, 0.25) is 0 Å². The molecule has 1 aromatic carbocycles. The second kappa shape index (κ2) is 6.37. The van der Waals surface area contributed by atoms with Crippen LogP contribution in [0.4, 0.5) is 4.79 Å². The molecule has 3 amide bonds. The number of aromatic amines is 1. The predicted molar refractivity (Wildman–Crippen MR) is 72.3 cm³/mol. The third kappa shape index (κ3) is 3.58. The summed E-state index contributed by atoms with van der Waals surface area (Å²) >= 11 is 0. The number of urea groups is 1. The Balaban J connectivity index is 2.06. The lowest BCUT2D eigenvalue weighted by Crippen LogP contribution is -2.42. The monoisotopic (exact) mass is 273 g/mol. The zero-order chi connectivity index (χ0) is 14.4. The molecule has 20 heavy (non-hydrogen) atoms. The quantitative estimate of drug-likeness (QED) is 0.633. The Morgan fingerprint density at radius 2 is 2.00 bits per heavy atom. The van der Waals surface area contributed by atoms with Gasteiger partial charge >= 0.3 is 6.03 Å². The van der Waals surface area contributed by atoms with Gasteiger partial charge in [-0.2, -0.15) is 5.10 Å². The molecule has 0 fully saturated rings. The van der Waals surface area contributed by atoms with E-state index in [9.17, 15) is 9.59 Å². The number of amides is 3. The maximum absolute atomic E-state index is 12.2. The third-order valence-corrected chi connectivity index (χ3v) is 2.69. The van der Waals surface area contributed by atoms with Crippen molar-refractivity contribution >= 4 is 11.9 Å².